The Labute approximate surface area is 164 Å². The number of thiophene rings is 1. The highest BCUT2D eigenvalue weighted by Crippen LogP contribution is 2.44. The van der Waals surface area contributed by atoms with Crippen molar-refractivity contribution < 1.29 is 14.3 Å². The second-order valence-electron chi connectivity index (χ2n) is 7.91. The molecule has 1 aromatic heterocycles. The molecular weight excluding hydrogens is 358 g/mol. The van der Waals surface area contributed by atoms with E-state index < -0.39 is 0 Å². The van der Waals surface area contributed by atoms with E-state index in [0.717, 1.165) is 54.8 Å². The summed E-state index contributed by atoms with van der Waals surface area (Å²) < 4.78 is 5.95. The van der Waals surface area contributed by atoms with E-state index in [-0.39, 0.29) is 29.7 Å². The summed E-state index contributed by atoms with van der Waals surface area (Å²) in [6.45, 7) is 1.90. The topological polar surface area (TPSA) is 55.7 Å². The average Bonchev–Trinajstić information content (AvgIpc) is 3.06. The molecule has 1 aromatic rings. The zero-order valence-electron chi connectivity index (χ0n) is 15.9. The number of hydrogen-bond donors (Lipinski definition) is 0. The van der Waals surface area contributed by atoms with Crippen LogP contribution in [0.25, 0.3) is 0 Å². The van der Waals surface area contributed by atoms with Crippen molar-refractivity contribution in [3.05, 3.63) is 33.7 Å². The fraction of sp³-hybridized carbons (Fsp3) is 0.591. The number of carbonyl (C=O) groups is 2. The van der Waals surface area contributed by atoms with Gasteiger partial charge in [-0.05, 0) is 56.9 Å². The molecule has 2 fully saturated rings. The SMILES string of the molecule is CC1=C(C(=O)OC2CCCCCC2)[C@H](c2cccs2)[C@@H]2C(=O)CCCC2=N1. The Hall–Kier alpha value is -1.75. The number of Topliss-reactive ketones (excluding diaryl/α,β-unsaturated/α-hetero) is 1. The molecule has 4 rings (SSSR count). The third-order valence-electron chi connectivity index (χ3n) is 6.05. The molecule has 2 atom stereocenters. The van der Waals surface area contributed by atoms with Crippen molar-refractivity contribution >= 4 is 28.8 Å². The molecule has 2 saturated carbocycles. The summed E-state index contributed by atoms with van der Waals surface area (Å²) in [6.07, 6.45) is 8.85. The summed E-state index contributed by atoms with van der Waals surface area (Å²) in [6, 6.07) is 4.02. The molecule has 3 aliphatic rings. The second kappa shape index (κ2) is 8.09. The largest absolute Gasteiger partial charge is 0.459 e. The van der Waals surface area contributed by atoms with Gasteiger partial charge in [-0.25, -0.2) is 4.79 Å². The first kappa shape index (κ1) is 18.6. The zero-order valence-corrected chi connectivity index (χ0v) is 16.7. The molecule has 0 spiro atoms. The van der Waals surface area contributed by atoms with E-state index in [0.29, 0.717) is 12.0 Å². The molecule has 5 heteroatoms. The van der Waals surface area contributed by atoms with Gasteiger partial charge in [0.1, 0.15) is 11.9 Å². The van der Waals surface area contributed by atoms with Crippen LogP contribution in [-0.4, -0.2) is 23.6 Å². The Morgan fingerprint density at radius 1 is 1.11 bits per heavy atom. The van der Waals surface area contributed by atoms with Gasteiger partial charge in [-0.2, -0.15) is 0 Å². The van der Waals surface area contributed by atoms with Gasteiger partial charge in [0.25, 0.3) is 0 Å². The standard InChI is InChI=1S/C22H27NO3S/c1-14-19(22(25)26-15-8-4-2-3-5-9-15)21(18-12-7-13-27-18)20-16(23-14)10-6-11-17(20)24/h7,12-13,15,20-21H,2-6,8-11H2,1H3/t20-,21-/m0/s1. The zero-order chi connectivity index (χ0) is 18.8. The summed E-state index contributed by atoms with van der Waals surface area (Å²) in [5, 5.41) is 2.01. The molecule has 0 amide bonds. The first-order valence-corrected chi connectivity index (χ1v) is 11.1. The highest BCUT2D eigenvalue weighted by molar-refractivity contribution is 7.10. The van der Waals surface area contributed by atoms with Crippen LogP contribution in [-0.2, 0) is 14.3 Å². The van der Waals surface area contributed by atoms with Crippen molar-refractivity contribution in [2.45, 2.75) is 76.7 Å². The lowest BCUT2D eigenvalue weighted by molar-refractivity contribution is -0.145. The molecule has 27 heavy (non-hydrogen) atoms. The minimum atomic E-state index is -0.294. The maximum atomic E-state index is 13.2. The number of ketones is 1. The van der Waals surface area contributed by atoms with E-state index >= 15 is 0 Å². The Bertz CT molecular complexity index is 769. The lowest BCUT2D eigenvalue weighted by Gasteiger charge is -2.35. The Balaban J connectivity index is 1.67. The van der Waals surface area contributed by atoms with E-state index in [1.165, 1.54) is 12.8 Å². The highest BCUT2D eigenvalue weighted by atomic mass is 32.1. The van der Waals surface area contributed by atoms with Gasteiger partial charge in [0, 0.05) is 28.6 Å². The van der Waals surface area contributed by atoms with Crippen molar-refractivity contribution in [3.63, 3.8) is 0 Å². The first-order valence-electron chi connectivity index (χ1n) is 10.2. The minimum absolute atomic E-state index is 0.00304. The van der Waals surface area contributed by atoms with Crippen LogP contribution in [0.15, 0.2) is 33.8 Å². The number of aliphatic imine (C=N–C) groups is 1. The summed E-state index contributed by atoms with van der Waals surface area (Å²) in [4.78, 5) is 31.8. The van der Waals surface area contributed by atoms with Crippen molar-refractivity contribution in [1.82, 2.24) is 0 Å². The fourth-order valence-electron chi connectivity index (χ4n) is 4.74. The summed E-state index contributed by atoms with van der Waals surface area (Å²) in [5.74, 6) is -0.578. The Kier molecular flexibility index (Phi) is 5.58. The number of nitrogens with zero attached hydrogens (tertiary/aromatic N) is 1. The van der Waals surface area contributed by atoms with Gasteiger partial charge in [-0.15, -0.1) is 11.3 Å². The van der Waals surface area contributed by atoms with Crippen molar-refractivity contribution in [1.29, 1.82) is 0 Å². The molecular formula is C22H27NO3S. The van der Waals surface area contributed by atoms with E-state index in [2.05, 4.69) is 0 Å². The molecule has 0 N–H and O–H groups in total. The monoisotopic (exact) mass is 385 g/mol. The quantitative estimate of drug-likeness (QED) is 0.531. The smallest absolute Gasteiger partial charge is 0.336 e. The number of esters is 1. The predicted molar refractivity (Wildman–Crippen MR) is 107 cm³/mol. The van der Waals surface area contributed by atoms with Crippen LogP contribution < -0.4 is 0 Å². The molecule has 0 radical (unpaired) electrons. The summed E-state index contributed by atoms with van der Waals surface area (Å²) >= 11 is 1.61. The molecule has 0 unspecified atom stereocenters. The van der Waals surface area contributed by atoms with E-state index in [4.69, 9.17) is 9.73 Å². The number of rotatable bonds is 3. The van der Waals surface area contributed by atoms with Crippen LogP contribution in [0, 0.1) is 5.92 Å². The van der Waals surface area contributed by atoms with E-state index in [9.17, 15) is 9.59 Å². The van der Waals surface area contributed by atoms with Gasteiger partial charge in [-0.1, -0.05) is 18.9 Å². The minimum Gasteiger partial charge on any atom is -0.459 e. The molecule has 0 aromatic carbocycles. The Morgan fingerprint density at radius 3 is 2.59 bits per heavy atom. The predicted octanol–water partition coefficient (Wildman–Crippen LogP) is 5.20. The van der Waals surface area contributed by atoms with Crippen LogP contribution in [0.3, 0.4) is 0 Å². The van der Waals surface area contributed by atoms with Crippen LogP contribution in [0.5, 0.6) is 0 Å². The molecule has 0 saturated heterocycles. The van der Waals surface area contributed by atoms with Gasteiger partial charge in [0.15, 0.2) is 0 Å². The number of carbonyl (C=O) groups excluding carboxylic acids is 2. The number of ether oxygens (including phenoxy) is 1. The maximum absolute atomic E-state index is 13.2. The van der Waals surface area contributed by atoms with Crippen LogP contribution in [0.1, 0.15) is 75.5 Å². The van der Waals surface area contributed by atoms with Crippen molar-refractivity contribution in [2.24, 2.45) is 10.9 Å². The number of fused-ring (bicyclic) bond motifs is 1. The van der Waals surface area contributed by atoms with Gasteiger partial charge in [-0.3, -0.25) is 9.79 Å². The summed E-state index contributed by atoms with van der Waals surface area (Å²) in [7, 11) is 0. The third kappa shape index (κ3) is 3.79. The van der Waals surface area contributed by atoms with Gasteiger partial charge in [0.05, 0.1) is 11.5 Å². The van der Waals surface area contributed by atoms with E-state index in [1.54, 1.807) is 11.3 Å². The van der Waals surface area contributed by atoms with Crippen molar-refractivity contribution in [3.8, 4) is 0 Å². The lowest BCUT2D eigenvalue weighted by atomic mass is 9.71. The summed E-state index contributed by atoms with van der Waals surface area (Å²) in [5.41, 5.74) is 2.28. The lowest BCUT2D eigenvalue weighted by Crippen LogP contribution is -2.39. The van der Waals surface area contributed by atoms with E-state index in [1.807, 2.05) is 24.4 Å². The van der Waals surface area contributed by atoms with Crippen LogP contribution >= 0.6 is 11.3 Å². The van der Waals surface area contributed by atoms with Gasteiger partial charge >= 0.3 is 5.97 Å². The van der Waals surface area contributed by atoms with Gasteiger partial charge < -0.3 is 4.74 Å². The number of allylic oxidation sites excluding steroid dienone is 1. The molecule has 2 heterocycles. The third-order valence-corrected chi connectivity index (χ3v) is 7.01. The number of hydrogen-bond acceptors (Lipinski definition) is 5. The molecule has 0 bridgehead atoms. The van der Waals surface area contributed by atoms with Crippen LogP contribution in [0.2, 0.25) is 0 Å². The second-order valence-corrected chi connectivity index (χ2v) is 8.89. The Morgan fingerprint density at radius 2 is 1.89 bits per heavy atom. The maximum Gasteiger partial charge on any atom is 0.336 e. The molecule has 4 nitrogen and oxygen atoms in total. The molecule has 1 aliphatic heterocycles. The van der Waals surface area contributed by atoms with Crippen LogP contribution in [0.4, 0.5) is 0 Å². The average molecular weight is 386 g/mol. The normalized spacial score (nSPS) is 27.0. The molecule has 2 aliphatic carbocycles. The van der Waals surface area contributed by atoms with Gasteiger partial charge in [0.2, 0.25) is 0 Å². The highest BCUT2D eigenvalue weighted by Gasteiger charge is 2.44. The molecule has 144 valence electrons. The first-order chi connectivity index (χ1) is 13.1. The van der Waals surface area contributed by atoms with Crippen molar-refractivity contribution in [2.75, 3.05) is 0 Å². The fourth-order valence-corrected chi connectivity index (χ4v) is 5.61.